The molecule has 0 aromatic heterocycles. The van der Waals surface area contributed by atoms with E-state index in [0.29, 0.717) is 25.4 Å². The second-order valence-electron chi connectivity index (χ2n) is 5.51. The summed E-state index contributed by atoms with van der Waals surface area (Å²) in [7, 11) is 0. The topological polar surface area (TPSA) is 84.2 Å². The largest absolute Gasteiger partial charge is 0.356 e. The molecule has 0 aliphatic heterocycles. The summed E-state index contributed by atoms with van der Waals surface area (Å²) in [6.45, 7) is 5.19. The Morgan fingerprint density at radius 2 is 2.00 bits per heavy atom. The first-order valence-electron chi connectivity index (χ1n) is 6.79. The van der Waals surface area contributed by atoms with Crippen molar-refractivity contribution in [2.75, 3.05) is 13.1 Å². The maximum atomic E-state index is 11.7. The van der Waals surface area contributed by atoms with Crippen LogP contribution in [0.15, 0.2) is 0 Å². The van der Waals surface area contributed by atoms with Crippen LogP contribution < -0.4 is 16.4 Å². The smallest absolute Gasteiger partial charge is 0.223 e. The molecule has 2 atom stereocenters. The van der Waals surface area contributed by atoms with Gasteiger partial charge in [-0.25, -0.2) is 0 Å². The predicted octanol–water partition coefficient (Wildman–Crippen LogP) is 0.392. The van der Waals surface area contributed by atoms with Crippen LogP contribution in [0.25, 0.3) is 0 Å². The number of carbonyl (C=O) groups excluding carboxylic acids is 2. The molecule has 1 saturated carbocycles. The van der Waals surface area contributed by atoms with E-state index >= 15 is 0 Å². The van der Waals surface area contributed by atoms with E-state index in [0.717, 1.165) is 19.3 Å². The van der Waals surface area contributed by atoms with Gasteiger partial charge in [-0.1, -0.05) is 13.8 Å². The highest BCUT2D eigenvalue weighted by atomic mass is 16.2. The first kappa shape index (κ1) is 15.0. The molecule has 0 aromatic carbocycles. The summed E-state index contributed by atoms with van der Waals surface area (Å²) in [5.74, 6) is 0.522. The molecule has 0 saturated heterocycles. The van der Waals surface area contributed by atoms with Crippen LogP contribution in [0.2, 0.25) is 0 Å². The van der Waals surface area contributed by atoms with Crippen LogP contribution in [-0.2, 0) is 9.59 Å². The fourth-order valence-electron chi connectivity index (χ4n) is 2.10. The number of rotatable bonds is 6. The molecule has 1 aliphatic rings. The van der Waals surface area contributed by atoms with E-state index in [4.69, 9.17) is 5.73 Å². The van der Waals surface area contributed by atoms with Gasteiger partial charge < -0.3 is 16.4 Å². The van der Waals surface area contributed by atoms with E-state index in [1.807, 2.05) is 13.8 Å². The van der Waals surface area contributed by atoms with E-state index in [1.54, 1.807) is 0 Å². The second kappa shape index (κ2) is 7.36. The number of hydrogen-bond donors (Lipinski definition) is 3. The van der Waals surface area contributed by atoms with Crippen molar-refractivity contribution in [3.05, 3.63) is 0 Å². The van der Waals surface area contributed by atoms with Gasteiger partial charge in [-0.05, 0) is 25.2 Å². The molecular weight excluding hydrogens is 230 g/mol. The third kappa shape index (κ3) is 5.49. The molecule has 1 fully saturated rings. The number of carbonyl (C=O) groups is 2. The van der Waals surface area contributed by atoms with Gasteiger partial charge in [-0.15, -0.1) is 0 Å². The summed E-state index contributed by atoms with van der Waals surface area (Å²) in [6, 6.07) is 0.162. The molecule has 18 heavy (non-hydrogen) atoms. The highest BCUT2D eigenvalue weighted by Crippen LogP contribution is 2.23. The lowest BCUT2D eigenvalue weighted by Crippen LogP contribution is -2.35. The number of hydrogen-bond acceptors (Lipinski definition) is 3. The molecule has 104 valence electrons. The molecule has 0 bridgehead atoms. The maximum absolute atomic E-state index is 11.7. The lowest BCUT2D eigenvalue weighted by Gasteiger charge is -2.11. The Morgan fingerprint density at radius 1 is 1.28 bits per heavy atom. The van der Waals surface area contributed by atoms with Crippen molar-refractivity contribution >= 4 is 11.8 Å². The monoisotopic (exact) mass is 255 g/mol. The highest BCUT2D eigenvalue weighted by molar-refractivity contribution is 5.80. The third-order valence-corrected chi connectivity index (χ3v) is 3.20. The normalized spacial score (nSPS) is 23.1. The van der Waals surface area contributed by atoms with Crippen LogP contribution in [0.1, 0.15) is 39.5 Å². The summed E-state index contributed by atoms with van der Waals surface area (Å²) in [4.78, 5) is 23.2. The van der Waals surface area contributed by atoms with Gasteiger partial charge in [0, 0.05) is 31.5 Å². The molecule has 0 radical (unpaired) electrons. The fourth-order valence-corrected chi connectivity index (χ4v) is 2.10. The maximum Gasteiger partial charge on any atom is 0.223 e. The first-order chi connectivity index (χ1) is 8.49. The molecule has 2 amide bonds. The fraction of sp³-hybridized carbons (Fsp3) is 0.846. The summed E-state index contributed by atoms with van der Waals surface area (Å²) >= 11 is 0. The zero-order valence-electron chi connectivity index (χ0n) is 11.4. The zero-order chi connectivity index (χ0) is 13.5. The molecule has 1 rings (SSSR count). The average Bonchev–Trinajstić information content (AvgIpc) is 2.73. The van der Waals surface area contributed by atoms with Crippen LogP contribution in [-0.4, -0.2) is 30.9 Å². The van der Waals surface area contributed by atoms with Gasteiger partial charge in [0.25, 0.3) is 0 Å². The zero-order valence-corrected chi connectivity index (χ0v) is 11.4. The van der Waals surface area contributed by atoms with Crippen LogP contribution in [0.4, 0.5) is 0 Å². The highest BCUT2D eigenvalue weighted by Gasteiger charge is 2.27. The Balaban J connectivity index is 2.10. The Morgan fingerprint density at radius 3 is 2.56 bits per heavy atom. The van der Waals surface area contributed by atoms with Crippen molar-refractivity contribution in [3.8, 4) is 0 Å². The minimum absolute atomic E-state index is 0.00729. The lowest BCUT2D eigenvalue weighted by molar-refractivity contribution is -0.125. The van der Waals surface area contributed by atoms with Crippen molar-refractivity contribution in [2.24, 2.45) is 17.6 Å². The summed E-state index contributed by atoms with van der Waals surface area (Å²) in [5.41, 5.74) is 5.76. The standard InChI is InChI=1S/C13H25N3O2/c1-9(2)8-16-12(17)5-6-15-13(18)10-3-4-11(14)7-10/h9-11H,3-8,14H2,1-2H3,(H,15,18)(H,16,17). The number of nitrogens with one attached hydrogen (secondary N) is 2. The number of nitrogens with two attached hydrogens (primary N) is 1. The summed E-state index contributed by atoms with van der Waals surface area (Å²) in [5, 5.41) is 5.63. The van der Waals surface area contributed by atoms with Crippen molar-refractivity contribution in [2.45, 2.75) is 45.6 Å². The van der Waals surface area contributed by atoms with Crippen molar-refractivity contribution < 1.29 is 9.59 Å². The molecule has 0 heterocycles. The Kier molecular flexibility index (Phi) is 6.12. The van der Waals surface area contributed by atoms with Crippen LogP contribution >= 0.6 is 0 Å². The van der Waals surface area contributed by atoms with Gasteiger partial charge in [-0.2, -0.15) is 0 Å². The van der Waals surface area contributed by atoms with E-state index in [9.17, 15) is 9.59 Å². The van der Waals surface area contributed by atoms with Crippen molar-refractivity contribution in [1.82, 2.24) is 10.6 Å². The van der Waals surface area contributed by atoms with Crippen LogP contribution in [0.5, 0.6) is 0 Å². The summed E-state index contributed by atoms with van der Waals surface area (Å²) < 4.78 is 0. The minimum atomic E-state index is -0.00729. The molecule has 4 N–H and O–H groups in total. The van der Waals surface area contributed by atoms with Crippen LogP contribution in [0.3, 0.4) is 0 Å². The van der Waals surface area contributed by atoms with Gasteiger partial charge in [0.1, 0.15) is 0 Å². The van der Waals surface area contributed by atoms with E-state index in [-0.39, 0.29) is 23.8 Å². The van der Waals surface area contributed by atoms with Crippen LogP contribution in [0, 0.1) is 11.8 Å². The molecule has 2 unspecified atom stereocenters. The van der Waals surface area contributed by atoms with E-state index in [1.165, 1.54) is 0 Å². The predicted molar refractivity (Wildman–Crippen MR) is 70.8 cm³/mol. The molecule has 1 aliphatic carbocycles. The van der Waals surface area contributed by atoms with E-state index in [2.05, 4.69) is 10.6 Å². The molecule has 0 aromatic rings. The quantitative estimate of drug-likeness (QED) is 0.642. The molecular formula is C13H25N3O2. The molecule has 5 heteroatoms. The molecule has 0 spiro atoms. The molecule has 5 nitrogen and oxygen atoms in total. The van der Waals surface area contributed by atoms with Crippen molar-refractivity contribution in [3.63, 3.8) is 0 Å². The number of amides is 2. The third-order valence-electron chi connectivity index (χ3n) is 3.20. The van der Waals surface area contributed by atoms with Gasteiger partial charge >= 0.3 is 0 Å². The Labute approximate surface area is 109 Å². The van der Waals surface area contributed by atoms with Crippen molar-refractivity contribution in [1.29, 1.82) is 0 Å². The van der Waals surface area contributed by atoms with Gasteiger partial charge in [0.15, 0.2) is 0 Å². The first-order valence-corrected chi connectivity index (χ1v) is 6.79. The van der Waals surface area contributed by atoms with E-state index < -0.39 is 0 Å². The second-order valence-corrected chi connectivity index (χ2v) is 5.51. The lowest BCUT2D eigenvalue weighted by atomic mass is 10.1. The minimum Gasteiger partial charge on any atom is -0.356 e. The average molecular weight is 255 g/mol. The summed E-state index contributed by atoms with van der Waals surface area (Å²) in [6.07, 6.45) is 2.90. The van der Waals surface area contributed by atoms with Gasteiger partial charge in [0.2, 0.25) is 11.8 Å². The van der Waals surface area contributed by atoms with Gasteiger partial charge in [0.05, 0.1) is 0 Å². The Hall–Kier alpha value is -1.10. The SMILES string of the molecule is CC(C)CNC(=O)CCNC(=O)C1CCC(N)C1. The van der Waals surface area contributed by atoms with Gasteiger partial charge in [-0.3, -0.25) is 9.59 Å². The Bertz CT molecular complexity index is 292.